The smallest absolute Gasteiger partial charge is 0.136 e. The van der Waals surface area contributed by atoms with Gasteiger partial charge in [0.25, 0.3) is 0 Å². The highest BCUT2D eigenvalue weighted by Crippen LogP contribution is 2.29. The van der Waals surface area contributed by atoms with Gasteiger partial charge in [0.2, 0.25) is 0 Å². The lowest BCUT2D eigenvalue weighted by Gasteiger charge is -2.13. The molecule has 2 N–H and O–H groups in total. The van der Waals surface area contributed by atoms with Crippen LogP contribution in [-0.2, 0) is 11.2 Å². The highest BCUT2D eigenvalue weighted by Gasteiger charge is 2.07. The van der Waals surface area contributed by atoms with Crippen LogP contribution >= 0.6 is 15.9 Å². The average molecular weight is 302 g/mol. The van der Waals surface area contributed by atoms with Crippen molar-refractivity contribution in [1.82, 2.24) is 0 Å². The summed E-state index contributed by atoms with van der Waals surface area (Å²) in [5, 5.41) is 0. The van der Waals surface area contributed by atoms with Crippen molar-refractivity contribution in [2.75, 3.05) is 26.4 Å². The molecule has 17 heavy (non-hydrogen) atoms. The van der Waals surface area contributed by atoms with Crippen molar-refractivity contribution in [3.05, 3.63) is 28.2 Å². The molecule has 0 fully saturated rings. The lowest BCUT2D eigenvalue weighted by atomic mass is 10.1. The van der Waals surface area contributed by atoms with Gasteiger partial charge in [-0.15, -0.1) is 0 Å². The van der Waals surface area contributed by atoms with Crippen molar-refractivity contribution in [2.24, 2.45) is 5.73 Å². The third kappa shape index (κ3) is 5.06. The molecule has 0 aliphatic carbocycles. The van der Waals surface area contributed by atoms with Crippen molar-refractivity contribution in [3.63, 3.8) is 0 Å². The first kappa shape index (κ1) is 14.5. The quantitative estimate of drug-likeness (QED) is 0.751. The number of hydrogen-bond donors (Lipinski definition) is 1. The van der Waals surface area contributed by atoms with Crippen molar-refractivity contribution in [3.8, 4) is 5.75 Å². The minimum atomic E-state index is 0.570. The molecule has 96 valence electrons. The summed E-state index contributed by atoms with van der Waals surface area (Å²) in [6.07, 6.45) is 1.86. The van der Waals surface area contributed by atoms with Gasteiger partial charge in [-0.3, -0.25) is 0 Å². The molecule has 0 bridgehead atoms. The fourth-order valence-electron chi connectivity index (χ4n) is 1.52. The Balaban J connectivity index is 2.50. The topological polar surface area (TPSA) is 44.5 Å². The molecule has 4 heteroatoms. The van der Waals surface area contributed by atoms with E-state index in [-0.39, 0.29) is 0 Å². The van der Waals surface area contributed by atoms with Crippen LogP contribution in [0.5, 0.6) is 5.75 Å². The summed E-state index contributed by atoms with van der Waals surface area (Å²) in [6, 6.07) is 6.01. The van der Waals surface area contributed by atoms with Crippen LogP contribution in [0.4, 0.5) is 0 Å². The second-order valence-electron chi connectivity index (χ2n) is 3.73. The summed E-state index contributed by atoms with van der Waals surface area (Å²) in [5.74, 6) is 0.887. The van der Waals surface area contributed by atoms with Crippen molar-refractivity contribution in [1.29, 1.82) is 0 Å². The molecule has 0 atom stereocenters. The van der Waals surface area contributed by atoms with Gasteiger partial charge < -0.3 is 15.2 Å². The molecule has 1 aromatic carbocycles. The Bertz CT molecular complexity index is 331. The SMILES string of the molecule is CCCOCCOc1c(Br)cccc1CCN. The molecule has 0 amide bonds. The minimum absolute atomic E-state index is 0.570. The van der Waals surface area contributed by atoms with Gasteiger partial charge in [0, 0.05) is 6.61 Å². The fourth-order valence-corrected chi connectivity index (χ4v) is 2.04. The predicted molar refractivity (Wildman–Crippen MR) is 73.5 cm³/mol. The van der Waals surface area contributed by atoms with Gasteiger partial charge in [0.15, 0.2) is 0 Å². The Morgan fingerprint density at radius 2 is 2.06 bits per heavy atom. The molecule has 0 heterocycles. The molecule has 0 unspecified atom stereocenters. The highest BCUT2D eigenvalue weighted by atomic mass is 79.9. The monoisotopic (exact) mass is 301 g/mol. The maximum atomic E-state index is 5.74. The van der Waals surface area contributed by atoms with Crippen LogP contribution in [0.1, 0.15) is 18.9 Å². The van der Waals surface area contributed by atoms with Gasteiger partial charge in [0.1, 0.15) is 12.4 Å². The Hall–Kier alpha value is -0.580. The Morgan fingerprint density at radius 3 is 2.76 bits per heavy atom. The second kappa shape index (κ2) is 8.50. The number of benzene rings is 1. The fraction of sp³-hybridized carbons (Fsp3) is 0.538. The van der Waals surface area contributed by atoms with E-state index in [0.717, 1.165) is 35.2 Å². The highest BCUT2D eigenvalue weighted by molar-refractivity contribution is 9.10. The maximum Gasteiger partial charge on any atom is 0.136 e. The van der Waals surface area contributed by atoms with Gasteiger partial charge in [-0.2, -0.15) is 0 Å². The van der Waals surface area contributed by atoms with E-state index in [4.69, 9.17) is 15.2 Å². The first-order valence-electron chi connectivity index (χ1n) is 5.97. The van der Waals surface area contributed by atoms with E-state index in [2.05, 4.69) is 22.9 Å². The van der Waals surface area contributed by atoms with Crippen LogP contribution in [-0.4, -0.2) is 26.4 Å². The average Bonchev–Trinajstić information content (AvgIpc) is 2.32. The van der Waals surface area contributed by atoms with Crippen molar-refractivity contribution >= 4 is 15.9 Å². The Morgan fingerprint density at radius 1 is 1.24 bits per heavy atom. The lowest BCUT2D eigenvalue weighted by molar-refractivity contribution is 0.100. The molecule has 0 aromatic heterocycles. The predicted octanol–water partition coefficient (Wildman–Crippen LogP) is 2.76. The van der Waals surface area contributed by atoms with E-state index >= 15 is 0 Å². The zero-order valence-corrected chi connectivity index (χ0v) is 11.8. The number of rotatable bonds is 8. The van der Waals surface area contributed by atoms with Gasteiger partial charge >= 0.3 is 0 Å². The second-order valence-corrected chi connectivity index (χ2v) is 4.58. The van der Waals surface area contributed by atoms with Gasteiger partial charge in [-0.05, 0) is 46.9 Å². The molecule has 0 spiro atoms. The van der Waals surface area contributed by atoms with E-state index in [1.165, 1.54) is 0 Å². The van der Waals surface area contributed by atoms with E-state index < -0.39 is 0 Å². The third-order valence-electron chi connectivity index (χ3n) is 2.28. The van der Waals surface area contributed by atoms with Crippen LogP contribution < -0.4 is 10.5 Å². The third-order valence-corrected chi connectivity index (χ3v) is 2.91. The zero-order valence-electron chi connectivity index (χ0n) is 10.2. The molecule has 0 saturated heterocycles. The van der Waals surface area contributed by atoms with Crippen LogP contribution in [0, 0.1) is 0 Å². The molecule has 0 aliphatic rings. The van der Waals surface area contributed by atoms with E-state index in [1.807, 2.05) is 18.2 Å². The number of halogens is 1. The standard InChI is InChI=1S/C13H20BrNO2/c1-2-8-16-9-10-17-13-11(6-7-15)4-3-5-12(13)14/h3-5H,2,6-10,15H2,1H3. The van der Waals surface area contributed by atoms with Crippen molar-refractivity contribution < 1.29 is 9.47 Å². The van der Waals surface area contributed by atoms with Crippen LogP contribution in [0.3, 0.4) is 0 Å². The largest absolute Gasteiger partial charge is 0.490 e. The van der Waals surface area contributed by atoms with Gasteiger partial charge in [-0.1, -0.05) is 19.1 Å². The first-order chi connectivity index (χ1) is 8.29. The van der Waals surface area contributed by atoms with E-state index in [1.54, 1.807) is 0 Å². The Kier molecular flexibility index (Phi) is 7.24. The number of para-hydroxylation sites is 1. The summed E-state index contributed by atoms with van der Waals surface area (Å²) in [5.41, 5.74) is 6.71. The summed E-state index contributed by atoms with van der Waals surface area (Å²) in [4.78, 5) is 0. The molecule has 1 aromatic rings. The first-order valence-corrected chi connectivity index (χ1v) is 6.77. The number of ether oxygens (including phenoxy) is 2. The molecule has 1 rings (SSSR count). The molecule has 0 radical (unpaired) electrons. The van der Waals surface area contributed by atoms with Crippen LogP contribution in [0.25, 0.3) is 0 Å². The van der Waals surface area contributed by atoms with Crippen molar-refractivity contribution in [2.45, 2.75) is 19.8 Å². The van der Waals surface area contributed by atoms with E-state index in [0.29, 0.717) is 19.8 Å². The summed E-state index contributed by atoms with van der Waals surface area (Å²) >= 11 is 3.49. The molecular formula is C13H20BrNO2. The molecule has 0 saturated carbocycles. The number of hydrogen-bond acceptors (Lipinski definition) is 3. The van der Waals surface area contributed by atoms with Gasteiger partial charge in [0.05, 0.1) is 11.1 Å². The van der Waals surface area contributed by atoms with Crippen LogP contribution in [0.2, 0.25) is 0 Å². The van der Waals surface area contributed by atoms with Crippen LogP contribution in [0.15, 0.2) is 22.7 Å². The maximum absolute atomic E-state index is 5.74. The van der Waals surface area contributed by atoms with Gasteiger partial charge in [-0.25, -0.2) is 0 Å². The molecule has 3 nitrogen and oxygen atoms in total. The molecule has 0 aliphatic heterocycles. The zero-order chi connectivity index (χ0) is 12.5. The normalized spacial score (nSPS) is 10.5. The lowest BCUT2D eigenvalue weighted by Crippen LogP contribution is -2.10. The Labute approximate surface area is 111 Å². The molecular weight excluding hydrogens is 282 g/mol. The number of nitrogens with two attached hydrogens (primary N) is 1. The van der Waals surface area contributed by atoms with E-state index in [9.17, 15) is 0 Å². The minimum Gasteiger partial charge on any atom is -0.490 e. The summed E-state index contributed by atoms with van der Waals surface area (Å²) in [7, 11) is 0. The summed E-state index contributed by atoms with van der Waals surface area (Å²) in [6.45, 7) is 4.69. The summed E-state index contributed by atoms with van der Waals surface area (Å²) < 4.78 is 12.1.